The van der Waals surface area contributed by atoms with Crippen molar-refractivity contribution in [3.8, 4) is 0 Å². The largest absolute Gasteiger partial charge is 0.344 e. The van der Waals surface area contributed by atoms with E-state index >= 15 is 0 Å². The highest BCUT2D eigenvalue weighted by molar-refractivity contribution is 7.99. The quantitative estimate of drug-likeness (QED) is 0.763. The molecule has 0 aromatic carbocycles. The highest BCUT2D eigenvalue weighted by Crippen LogP contribution is 2.31. The number of aromatic nitrogens is 2. The Morgan fingerprint density at radius 1 is 1.50 bits per heavy atom. The Bertz CT molecular complexity index is 314. The van der Waals surface area contributed by atoms with Gasteiger partial charge in [0.2, 0.25) is 5.89 Å². The molecular formula is C8H14N4OS. The Morgan fingerprint density at radius 3 is 2.79 bits per heavy atom. The third-order valence-corrected chi connectivity index (χ3v) is 3.49. The molecule has 2 heterocycles. The zero-order valence-corrected chi connectivity index (χ0v) is 9.12. The number of rotatable bonds is 2. The van der Waals surface area contributed by atoms with Crippen molar-refractivity contribution in [1.82, 2.24) is 10.1 Å². The molecule has 14 heavy (non-hydrogen) atoms. The maximum atomic E-state index is 5.93. The fourth-order valence-electron chi connectivity index (χ4n) is 1.38. The summed E-state index contributed by atoms with van der Waals surface area (Å²) in [6, 6.07) is 0.149. The van der Waals surface area contributed by atoms with E-state index in [2.05, 4.69) is 10.1 Å². The lowest BCUT2D eigenvalue weighted by Gasteiger charge is -2.08. The molecule has 1 saturated heterocycles. The van der Waals surface area contributed by atoms with E-state index in [1.165, 1.54) is 0 Å². The topological polar surface area (TPSA) is 68.2 Å². The molecule has 1 aromatic heterocycles. The van der Waals surface area contributed by atoms with Crippen LogP contribution in [0.25, 0.3) is 0 Å². The molecule has 0 bridgehead atoms. The van der Waals surface area contributed by atoms with Gasteiger partial charge in [0.1, 0.15) is 0 Å². The minimum Gasteiger partial charge on any atom is -0.344 e. The first-order valence-corrected chi connectivity index (χ1v) is 5.68. The molecule has 1 aliphatic heterocycles. The van der Waals surface area contributed by atoms with Crippen LogP contribution in [0.3, 0.4) is 0 Å². The van der Waals surface area contributed by atoms with E-state index in [0.717, 1.165) is 11.5 Å². The third kappa shape index (κ3) is 1.72. The van der Waals surface area contributed by atoms with Gasteiger partial charge >= 0.3 is 0 Å². The number of hydrogen-bond donors (Lipinski definition) is 1. The van der Waals surface area contributed by atoms with Crippen LogP contribution in [-0.4, -0.2) is 41.8 Å². The maximum absolute atomic E-state index is 5.93. The summed E-state index contributed by atoms with van der Waals surface area (Å²) in [7, 11) is 3.77. The molecule has 5 nitrogen and oxygen atoms in total. The Morgan fingerprint density at radius 2 is 2.29 bits per heavy atom. The van der Waals surface area contributed by atoms with Crippen LogP contribution in [-0.2, 0) is 0 Å². The minimum absolute atomic E-state index is 0.149. The Kier molecular flexibility index (Phi) is 2.64. The highest BCUT2D eigenvalue weighted by Gasteiger charge is 2.30. The third-order valence-electron chi connectivity index (χ3n) is 2.27. The van der Waals surface area contributed by atoms with Gasteiger partial charge in [-0.2, -0.15) is 16.7 Å². The summed E-state index contributed by atoms with van der Waals surface area (Å²) in [5, 5.41) is 3.87. The minimum atomic E-state index is 0.149. The van der Waals surface area contributed by atoms with E-state index in [-0.39, 0.29) is 12.0 Å². The lowest BCUT2D eigenvalue weighted by Crippen LogP contribution is -2.26. The van der Waals surface area contributed by atoms with Gasteiger partial charge in [0.25, 0.3) is 5.95 Å². The predicted molar refractivity (Wildman–Crippen MR) is 56.7 cm³/mol. The fourth-order valence-corrected chi connectivity index (χ4v) is 2.67. The molecule has 6 heteroatoms. The van der Waals surface area contributed by atoms with Crippen LogP contribution in [0.4, 0.5) is 5.95 Å². The summed E-state index contributed by atoms with van der Waals surface area (Å²) in [5.74, 6) is 3.47. The van der Waals surface area contributed by atoms with Crippen molar-refractivity contribution in [2.45, 2.75) is 12.0 Å². The van der Waals surface area contributed by atoms with Crippen molar-refractivity contribution in [1.29, 1.82) is 0 Å². The Hall–Kier alpha value is -0.750. The molecule has 0 aliphatic carbocycles. The molecule has 78 valence electrons. The van der Waals surface area contributed by atoms with E-state index < -0.39 is 0 Å². The molecule has 0 spiro atoms. The summed E-state index contributed by atoms with van der Waals surface area (Å²) in [6.45, 7) is 0. The first-order chi connectivity index (χ1) is 6.68. The number of nitrogens with zero attached hydrogens (tertiary/aromatic N) is 3. The smallest absolute Gasteiger partial charge is 0.265 e. The van der Waals surface area contributed by atoms with Crippen LogP contribution in [0.5, 0.6) is 0 Å². The second kappa shape index (κ2) is 3.78. The Labute approximate surface area is 87.0 Å². The molecular weight excluding hydrogens is 200 g/mol. The van der Waals surface area contributed by atoms with Gasteiger partial charge in [-0.25, -0.2) is 0 Å². The zero-order chi connectivity index (χ0) is 10.1. The first kappa shape index (κ1) is 9.79. The van der Waals surface area contributed by atoms with Gasteiger partial charge < -0.3 is 15.2 Å². The average Bonchev–Trinajstić information content (AvgIpc) is 2.71. The Balaban J connectivity index is 2.16. The number of thioether (sulfide) groups is 1. The van der Waals surface area contributed by atoms with Crippen LogP contribution in [0, 0.1) is 0 Å². The second-order valence-corrected chi connectivity index (χ2v) is 4.71. The average molecular weight is 214 g/mol. The molecule has 0 saturated carbocycles. The highest BCUT2D eigenvalue weighted by atomic mass is 32.2. The van der Waals surface area contributed by atoms with E-state index in [1.807, 2.05) is 30.8 Å². The van der Waals surface area contributed by atoms with E-state index in [1.54, 1.807) is 0 Å². The predicted octanol–water partition coefficient (Wildman–Crippen LogP) is 0.293. The van der Waals surface area contributed by atoms with Crippen LogP contribution < -0.4 is 10.6 Å². The van der Waals surface area contributed by atoms with Gasteiger partial charge in [0.15, 0.2) is 0 Å². The van der Waals surface area contributed by atoms with Crippen LogP contribution in [0.15, 0.2) is 4.52 Å². The molecule has 1 aromatic rings. The fraction of sp³-hybridized carbons (Fsp3) is 0.750. The summed E-state index contributed by atoms with van der Waals surface area (Å²) in [5.41, 5.74) is 5.93. The molecule has 1 aliphatic rings. The van der Waals surface area contributed by atoms with Gasteiger partial charge in [-0.15, -0.1) is 0 Å². The summed E-state index contributed by atoms with van der Waals surface area (Å²) in [4.78, 5) is 6.12. The zero-order valence-electron chi connectivity index (χ0n) is 8.30. The molecule has 0 amide bonds. The second-order valence-electron chi connectivity index (χ2n) is 3.63. The van der Waals surface area contributed by atoms with Gasteiger partial charge in [-0.3, -0.25) is 0 Å². The molecule has 2 atom stereocenters. The molecule has 2 N–H and O–H groups in total. The number of anilines is 1. The van der Waals surface area contributed by atoms with Crippen molar-refractivity contribution in [2.75, 3.05) is 30.5 Å². The normalized spacial score (nSPS) is 26.8. The van der Waals surface area contributed by atoms with Crippen molar-refractivity contribution in [2.24, 2.45) is 5.73 Å². The lowest BCUT2D eigenvalue weighted by atomic mass is 10.1. The van der Waals surface area contributed by atoms with Crippen LogP contribution in [0.2, 0.25) is 0 Å². The summed E-state index contributed by atoms with van der Waals surface area (Å²) in [6.07, 6.45) is 0. The molecule has 0 radical (unpaired) electrons. The van der Waals surface area contributed by atoms with E-state index in [4.69, 9.17) is 10.3 Å². The number of hydrogen-bond acceptors (Lipinski definition) is 6. The SMILES string of the molecule is CN(C)c1noc(C2CSCC2N)n1. The van der Waals surface area contributed by atoms with Gasteiger partial charge in [0, 0.05) is 31.6 Å². The van der Waals surface area contributed by atoms with Crippen LogP contribution in [0.1, 0.15) is 11.8 Å². The summed E-state index contributed by atoms with van der Waals surface area (Å²) >= 11 is 1.84. The standard InChI is InChI=1S/C8H14N4OS/c1-12(2)8-10-7(13-11-8)5-3-14-4-6(5)9/h5-6H,3-4,9H2,1-2H3. The van der Waals surface area contributed by atoms with Crippen molar-refractivity contribution in [3.63, 3.8) is 0 Å². The first-order valence-electron chi connectivity index (χ1n) is 4.52. The van der Waals surface area contributed by atoms with Crippen molar-refractivity contribution in [3.05, 3.63) is 5.89 Å². The monoisotopic (exact) mass is 214 g/mol. The van der Waals surface area contributed by atoms with Crippen LogP contribution >= 0.6 is 11.8 Å². The van der Waals surface area contributed by atoms with E-state index in [0.29, 0.717) is 11.8 Å². The van der Waals surface area contributed by atoms with Crippen molar-refractivity contribution < 1.29 is 4.52 Å². The number of nitrogens with two attached hydrogens (primary N) is 1. The van der Waals surface area contributed by atoms with Gasteiger partial charge in [-0.05, 0) is 5.16 Å². The molecule has 2 rings (SSSR count). The van der Waals surface area contributed by atoms with Gasteiger partial charge in [-0.1, -0.05) is 0 Å². The van der Waals surface area contributed by atoms with Crippen molar-refractivity contribution >= 4 is 17.7 Å². The summed E-state index contributed by atoms with van der Waals surface area (Å²) < 4.78 is 5.18. The molecule has 2 unspecified atom stereocenters. The maximum Gasteiger partial charge on any atom is 0.265 e. The lowest BCUT2D eigenvalue weighted by molar-refractivity contribution is 0.352. The van der Waals surface area contributed by atoms with Gasteiger partial charge in [0.05, 0.1) is 5.92 Å². The molecule has 1 fully saturated rings. The van der Waals surface area contributed by atoms with E-state index in [9.17, 15) is 0 Å².